The molecule has 0 bridgehead atoms. The van der Waals surface area contributed by atoms with Crippen molar-refractivity contribution in [1.82, 2.24) is 10.2 Å². The summed E-state index contributed by atoms with van der Waals surface area (Å²) in [7, 11) is 0. The topological polar surface area (TPSA) is 35.5 Å². The molecule has 0 aromatic rings. The van der Waals surface area contributed by atoms with Gasteiger partial charge in [0.2, 0.25) is 0 Å². The Kier molecular flexibility index (Phi) is 5.05. The summed E-state index contributed by atoms with van der Waals surface area (Å²) in [5, 5.41) is 13.2. The summed E-state index contributed by atoms with van der Waals surface area (Å²) in [6.07, 6.45) is 7.62. The van der Waals surface area contributed by atoms with E-state index in [-0.39, 0.29) is 5.54 Å². The molecule has 1 aliphatic heterocycles. The molecule has 2 aliphatic rings. The van der Waals surface area contributed by atoms with Crippen molar-refractivity contribution >= 4 is 0 Å². The van der Waals surface area contributed by atoms with Gasteiger partial charge in [0.15, 0.2) is 0 Å². The van der Waals surface area contributed by atoms with Crippen LogP contribution in [0, 0.1) is 5.92 Å². The summed E-state index contributed by atoms with van der Waals surface area (Å²) in [4.78, 5) is 2.70. The highest BCUT2D eigenvalue weighted by Gasteiger charge is 2.40. The molecule has 1 aliphatic carbocycles. The number of rotatable bonds is 5. The van der Waals surface area contributed by atoms with Crippen LogP contribution in [0.5, 0.6) is 0 Å². The van der Waals surface area contributed by atoms with Crippen LogP contribution in [0.15, 0.2) is 0 Å². The van der Waals surface area contributed by atoms with Gasteiger partial charge in [-0.1, -0.05) is 20.3 Å². The van der Waals surface area contributed by atoms with Crippen LogP contribution in [0.25, 0.3) is 0 Å². The van der Waals surface area contributed by atoms with E-state index in [0.717, 1.165) is 25.3 Å². The number of aliphatic hydroxyl groups is 1. The van der Waals surface area contributed by atoms with Crippen molar-refractivity contribution in [1.29, 1.82) is 0 Å². The highest BCUT2D eigenvalue weighted by molar-refractivity contribution is 4.99. The monoisotopic (exact) mass is 254 g/mol. The summed E-state index contributed by atoms with van der Waals surface area (Å²) in [6.45, 7) is 8.27. The second-order valence-electron chi connectivity index (χ2n) is 6.28. The normalized spacial score (nSPS) is 38.2. The van der Waals surface area contributed by atoms with E-state index in [0.29, 0.717) is 12.6 Å². The zero-order chi connectivity index (χ0) is 13.0. The number of nitrogens with zero attached hydrogens (tertiary/aromatic N) is 1. The number of likely N-dealkylation sites (N-methyl/N-ethyl adjacent to an activating group) is 1. The van der Waals surface area contributed by atoms with Gasteiger partial charge in [0.05, 0.1) is 6.61 Å². The van der Waals surface area contributed by atoms with Gasteiger partial charge in [0.25, 0.3) is 0 Å². The van der Waals surface area contributed by atoms with Gasteiger partial charge in [-0.2, -0.15) is 0 Å². The third kappa shape index (κ3) is 3.06. The van der Waals surface area contributed by atoms with Gasteiger partial charge >= 0.3 is 0 Å². The Bertz CT molecular complexity index is 259. The minimum absolute atomic E-state index is 0.0125. The molecule has 0 aromatic heterocycles. The minimum Gasteiger partial charge on any atom is -0.394 e. The van der Waals surface area contributed by atoms with E-state index >= 15 is 0 Å². The van der Waals surface area contributed by atoms with Crippen LogP contribution in [0.4, 0.5) is 0 Å². The van der Waals surface area contributed by atoms with Crippen LogP contribution in [0.2, 0.25) is 0 Å². The van der Waals surface area contributed by atoms with E-state index in [4.69, 9.17) is 0 Å². The van der Waals surface area contributed by atoms with E-state index < -0.39 is 0 Å². The molecule has 0 aromatic carbocycles. The maximum absolute atomic E-state index is 9.68. The Labute approximate surface area is 112 Å². The van der Waals surface area contributed by atoms with Gasteiger partial charge in [-0.05, 0) is 51.1 Å². The molecular formula is C15H30N2O. The van der Waals surface area contributed by atoms with Gasteiger partial charge in [0.1, 0.15) is 0 Å². The summed E-state index contributed by atoms with van der Waals surface area (Å²) >= 11 is 0. The van der Waals surface area contributed by atoms with E-state index in [1.807, 2.05) is 0 Å². The van der Waals surface area contributed by atoms with E-state index in [1.165, 1.54) is 38.8 Å². The van der Waals surface area contributed by atoms with Crippen LogP contribution in [0.3, 0.4) is 0 Å². The zero-order valence-corrected chi connectivity index (χ0v) is 12.1. The Hall–Kier alpha value is -0.120. The molecule has 3 atom stereocenters. The van der Waals surface area contributed by atoms with Crippen LogP contribution >= 0.6 is 0 Å². The molecule has 0 radical (unpaired) electrons. The summed E-state index contributed by atoms with van der Waals surface area (Å²) in [6, 6.07) is 0.700. The fraction of sp³-hybridized carbons (Fsp3) is 1.00. The summed E-state index contributed by atoms with van der Waals surface area (Å²) < 4.78 is 0. The molecule has 106 valence electrons. The Morgan fingerprint density at radius 1 is 1.33 bits per heavy atom. The summed E-state index contributed by atoms with van der Waals surface area (Å²) in [5.74, 6) is 0.905. The van der Waals surface area contributed by atoms with E-state index in [1.54, 1.807) is 0 Å². The molecule has 2 fully saturated rings. The first-order chi connectivity index (χ1) is 8.73. The molecule has 18 heavy (non-hydrogen) atoms. The number of aliphatic hydroxyl groups excluding tert-OH is 1. The number of nitrogens with one attached hydrogen (secondary N) is 1. The lowest BCUT2D eigenvalue weighted by molar-refractivity contribution is 0.107. The first-order valence-electron chi connectivity index (χ1n) is 7.83. The maximum atomic E-state index is 9.68. The Morgan fingerprint density at radius 2 is 2.17 bits per heavy atom. The standard InChI is InChI=1S/C15H30N2O/c1-3-13-6-5-9-17(11-13)14-7-8-15(10-14,12-18)16-4-2/h13-14,16,18H,3-12H2,1-2H3. The number of likely N-dealkylation sites (tertiary alicyclic amines) is 1. The largest absolute Gasteiger partial charge is 0.394 e. The van der Waals surface area contributed by atoms with E-state index in [2.05, 4.69) is 24.1 Å². The van der Waals surface area contributed by atoms with Crippen molar-refractivity contribution in [2.24, 2.45) is 5.92 Å². The molecule has 1 saturated heterocycles. The first-order valence-corrected chi connectivity index (χ1v) is 7.83. The van der Waals surface area contributed by atoms with E-state index in [9.17, 15) is 5.11 Å². The molecule has 2 rings (SSSR count). The molecule has 0 spiro atoms. The Balaban J connectivity index is 1.91. The van der Waals surface area contributed by atoms with Crippen LogP contribution in [-0.2, 0) is 0 Å². The van der Waals surface area contributed by atoms with Gasteiger partial charge in [0, 0.05) is 18.1 Å². The van der Waals surface area contributed by atoms with Gasteiger partial charge in [-0.15, -0.1) is 0 Å². The number of hydrogen-bond acceptors (Lipinski definition) is 3. The molecule has 0 amide bonds. The number of hydrogen-bond donors (Lipinski definition) is 2. The van der Waals surface area contributed by atoms with Crippen molar-refractivity contribution in [3.63, 3.8) is 0 Å². The maximum Gasteiger partial charge on any atom is 0.0613 e. The van der Waals surface area contributed by atoms with Crippen molar-refractivity contribution in [3.05, 3.63) is 0 Å². The lowest BCUT2D eigenvalue weighted by atomic mass is 9.93. The van der Waals surface area contributed by atoms with Crippen LogP contribution < -0.4 is 5.32 Å². The van der Waals surface area contributed by atoms with Gasteiger partial charge in [-0.3, -0.25) is 0 Å². The van der Waals surface area contributed by atoms with Gasteiger partial charge in [-0.25, -0.2) is 0 Å². The first kappa shape index (κ1) is 14.3. The fourth-order valence-corrected chi connectivity index (χ4v) is 3.91. The molecule has 1 heterocycles. The van der Waals surface area contributed by atoms with Crippen molar-refractivity contribution in [2.75, 3.05) is 26.2 Å². The van der Waals surface area contributed by atoms with Crippen molar-refractivity contribution in [2.45, 2.75) is 64.0 Å². The average molecular weight is 254 g/mol. The predicted octanol–water partition coefficient (Wildman–Crippen LogP) is 2.00. The predicted molar refractivity (Wildman–Crippen MR) is 75.7 cm³/mol. The lowest BCUT2D eigenvalue weighted by Crippen LogP contribution is -2.49. The fourth-order valence-electron chi connectivity index (χ4n) is 3.91. The minimum atomic E-state index is 0.0125. The third-order valence-corrected chi connectivity index (χ3v) is 5.08. The molecule has 3 unspecified atom stereocenters. The second kappa shape index (κ2) is 6.36. The summed E-state index contributed by atoms with van der Waals surface area (Å²) in [5.41, 5.74) is 0.0125. The molecule has 3 heteroatoms. The highest BCUT2D eigenvalue weighted by atomic mass is 16.3. The molecule has 2 N–H and O–H groups in total. The number of piperidine rings is 1. The van der Waals surface area contributed by atoms with Crippen LogP contribution in [0.1, 0.15) is 52.4 Å². The molecular weight excluding hydrogens is 224 g/mol. The SMILES string of the molecule is CCNC1(CO)CCC(N2CCCC(CC)C2)C1. The molecule has 1 saturated carbocycles. The highest BCUT2D eigenvalue weighted by Crippen LogP contribution is 2.35. The van der Waals surface area contributed by atoms with Gasteiger partial charge < -0.3 is 15.3 Å². The second-order valence-corrected chi connectivity index (χ2v) is 6.28. The van der Waals surface area contributed by atoms with Crippen molar-refractivity contribution in [3.8, 4) is 0 Å². The lowest BCUT2D eigenvalue weighted by Gasteiger charge is -2.37. The quantitative estimate of drug-likeness (QED) is 0.788. The van der Waals surface area contributed by atoms with Crippen molar-refractivity contribution < 1.29 is 5.11 Å². The zero-order valence-electron chi connectivity index (χ0n) is 12.1. The average Bonchev–Trinajstić information content (AvgIpc) is 2.84. The Morgan fingerprint density at radius 3 is 2.83 bits per heavy atom. The molecule has 3 nitrogen and oxygen atoms in total. The smallest absolute Gasteiger partial charge is 0.0613 e. The third-order valence-electron chi connectivity index (χ3n) is 5.08. The van der Waals surface area contributed by atoms with Crippen LogP contribution in [-0.4, -0.2) is 47.8 Å².